The summed E-state index contributed by atoms with van der Waals surface area (Å²) in [4.78, 5) is 11.0. The summed E-state index contributed by atoms with van der Waals surface area (Å²) in [5.74, 6) is -1.23. The number of rotatable bonds is 9. The number of methoxy groups -OCH3 is 1. The third-order valence-corrected chi connectivity index (χ3v) is 3.93. The highest BCUT2D eigenvalue weighted by atomic mass is 32.2. The molecule has 1 atom stereocenters. The van der Waals surface area contributed by atoms with Gasteiger partial charge in [0.15, 0.2) is 9.84 Å². The van der Waals surface area contributed by atoms with Gasteiger partial charge in [-0.05, 0) is 19.4 Å². The number of carbonyl (C=O) groups is 1. The summed E-state index contributed by atoms with van der Waals surface area (Å²) in [6.07, 6.45) is 2.66. The first-order valence-corrected chi connectivity index (χ1v) is 7.78. The number of ether oxygens (including phenoxy) is 1. The Morgan fingerprint density at radius 2 is 1.94 bits per heavy atom. The maximum Gasteiger partial charge on any atom is 0.320 e. The van der Waals surface area contributed by atoms with E-state index in [1.165, 1.54) is 7.11 Å². The smallest absolute Gasteiger partial charge is 0.320 e. The first kappa shape index (κ1) is 16.4. The maximum absolute atomic E-state index is 11.7. The summed E-state index contributed by atoms with van der Waals surface area (Å²) in [5, 5.41) is 3.19. The Bertz CT molecular complexity index is 313. The van der Waals surface area contributed by atoms with Crippen LogP contribution < -0.4 is 5.32 Å². The van der Waals surface area contributed by atoms with Crippen molar-refractivity contribution < 1.29 is 17.9 Å². The Hall–Kier alpha value is -0.620. The Morgan fingerprint density at radius 1 is 1.29 bits per heavy atom. The van der Waals surface area contributed by atoms with E-state index in [1.807, 2.05) is 13.8 Å². The fourth-order valence-corrected chi connectivity index (χ4v) is 3.04. The minimum absolute atomic E-state index is 0.00403. The van der Waals surface area contributed by atoms with Crippen LogP contribution in [0, 0.1) is 0 Å². The van der Waals surface area contributed by atoms with Gasteiger partial charge in [-0.1, -0.05) is 20.3 Å². The third-order valence-electron chi connectivity index (χ3n) is 2.34. The molecule has 6 heteroatoms. The average Bonchev–Trinajstić information content (AvgIpc) is 2.25. The van der Waals surface area contributed by atoms with Crippen molar-refractivity contribution in [1.29, 1.82) is 0 Å². The van der Waals surface area contributed by atoms with Crippen LogP contribution in [0.5, 0.6) is 0 Å². The van der Waals surface area contributed by atoms with Gasteiger partial charge >= 0.3 is 5.97 Å². The van der Waals surface area contributed by atoms with Crippen molar-refractivity contribution in [2.24, 2.45) is 0 Å². The van der Waals surface area contributed by atoms with Crippen molar-refractivity contribution in [2.75, 3.05) is 25.2 Å². The summed E-state index contributed by atoms with van der Waals surface area (Å²) in [6.45, 7) is 4.82. The van der Waals surface area contributed by atoms with Crippen molar-refractivity contribution in [3.8, 4) is 0 Å². The molecule has 0 aliphatic heterocycles. The van der Waals surface area contributed by atoms with Crippen LogP contribution in [0.4, 0.5) is 0 Å². The highest BCUT2D eigenvalue weighted by Gasteiger charge is 2.21. The topological polar surface area (TPSA) is 72.5 Å². The van der Waals surface area contributed by atoms with E-state index >= 15 is 0 Å². The first-order chi connectivity index (χ1) is 7.95. The lowest BCUT2D eigenvalue weighted by molar-refractivity contribution is -0.137. The lowest BCUT2D eigenvalue weighted by atomic mass is 10.2. The number of hydrogen-bond acceptors (Lipinski definition) is 5. The molecule has 0 aliphatic rings. The van der Waals surface area contributed by atoms with Crippen LogP contribution in [-0.4, -0.2) is 45.6 Å². The van der Waals surface area contributed by atoms with Gasteiger partial charge in [-0.2, -0.15) is 0 Å². The Labute approximate surface area is 104 Å². The van der Waals surface area contributed by atoms with Gasteiger partial charge in [0.25, 0.3) is 0 Å². The molecule has 0 bridgehead atoms. The summed E-state index contributed by atoms with van der Waals surface area (Å²) in [6, 6.07) is -0.0744. The maximum atomic E-state index is 11.7. The molecule has 0 fully saturated rings. The van der Waals surface area contributed by atoms with E-state index in [0.717, 1.165) is 25.8 Å². The SMILES string of the molecule is CCCNC(CCC)CS(=O)(=O)CC(=O)OC. The molecule has 0 saturated carbocycles. The predicted molar refractivity (Wildman–Crippen MR) is 67.7 cm³/mol. The van der Waals surface area contributed by atoms with Crippen LogP contribution in [0.1, 0.15) is 33.1 Å². The number of carbonyl (C=O) groups excluding carboxylic acids is 1. The summed E-state index contributed by atoms with van der Waals surface area (Å²) >= 11 is 0. The largest absolute Gasteiger partial charge is 0.468 e. The second-order valence-corrected chi connectivity index (χ2v) is 6.18. The lowest BCUT2D eigenvalue weighted by Crippen LogP contribution is -2.37. The van der Waals surface area contributed by atoms with Crippen LogP contribution in [-0.2, 0) is 19.4 Å². The molecule has 0 amide bonds. The quantitative estimate of drug-likeness (QED) is 0.623. The molecule has 17 heavy (non-hydrogen) atoms. The summed E-state index contributed by atoms with van der Waals surface area (Å²) in [5.41, 5.74) is 0. The fraction of sp³-hybridized carbons (Fsp3) is 0.909. The average molecular weight is 265 g/mol. The van der Waals surface area contributed by atoms with Gasteiger partial charge in [0.1, 0.15) is 5.75 Å². The zero-order chi connectivity index (χ0) is 13.3. The molecule has 0 radical (unpaired) electrons. The van der Waals surface area contributed by atoms with E-state index in [-0.39, 0.29) is 11.8 Å². The van der Waals surface area contributed by atoms with Gasteiger partial charge in [0.2, 0.25) is 0 Å². The first-order valence-electron chi connectivity index (χ1n) is 5.95. The van der Waals surface area contributed by atoms with Crippen LogP contribution in [0.2, 0.25) is 0 Å². The third kappa shape index (κ3) is 8.15. The van der Waals surface area contributed by atoms with Crippen molar-refractivity contribution in [3.63, 3.8) is 0 Å². The van der Waals surface area contributed by atoms with Gasteiger partial charge in [-0.25, -0.2) is 8.42 Å². The van der Waals surface area contributed by atoms with Gasteiger partial charge in [-0.3, -0.25) is 4.79 Å². The van der Waals surface area contributed by atoms with Crippen molar-refractivity contribution in [1.82, 2.24) is 5.32 Å². The van der Waals surface area contributed by atoms with E-state index in [2.05, 4.69) is 10.1 Å². The van der Waals surface area contributed by atoms with Crippen molar-refractivity contribution in [3.05, 3.63) is 0 Å². The van der Waals surface area contributed by atoms with E-state index in [4.69, 9.17) is 0 Å². The Kier molecular flexibility index (Phi) is 8.16. The second kappa shape index (κ2) is 8.47. The minimum atomic E-state index is -3.38. The molecular weight excluding hydrogens is 242 g/mol. The Morgan fingerprint density at radius 3 is 2.41 bits per heavy atom. The van der Waals surface area contributed by atoms with E-state index in [1.54, 1.807) is 0 Å². The molecule has 0 aliphatic carbocycles. The molecule has 1 unspecified atom stereocenters. The number of esters is 1. The van der Waals surface area contributed by atoms with Gasteiger partial charge in [0, 0.05) is 6.04 Å². The molecule has 102 valence electrons. The molecular formula is C11H23NO4S. The molecule has 0 aromatic rings. The van der Waals surface area contributed by atoms with Crippen molar-refractivity contribution in [2.45, 2.75) is 39.2 Å². The van der Waals surface area contributed by atoms with E-state index < -0.39 is 21.6 Å². The Balaban J connectivity index is 4.35. The lowest BCUT2D eigenvalue weighted by Gasteiger charge is -2.17. The van der Waals surface area contributed by atoms with Gasteiger partial charge < -0.3 is 10.1 Å². The second-order valence-electron chi connectivity index (χ2n) is 4.07. The van der Waals surface area contributed by atoms with Crippen molar-refractivity contribution >= 4 is 15.8 Å². The zero-order valence-corrected chi connectivity index (χ0v) is 11.7. The molecule has 0 aromatic carbocycles. The molecule has 0 saturated heterocycles. The van der Waals surface area contributed by atoms with Gasteiger partial charge in [-0.15, -0.1) is 0 Å². The monoisotopic (exact) mass is 265 g/mol. The van der Waals surface area contributed by atoms with E-state index in [0.29, 0.717) is 0 Å². The molecule has 0 aromatic heterocycles. The highest BCUT2D eigenvalue weighted by molar-refractivity contribution is 7.92. The number of nitrogens with one attached hydrogen (secondary N) is 1. The molecule has 0 rings (SSSR count). The normalized spacial score (nSPS) is 13.4. The zero-order valence-electron chi connectivity index (χ0n) is 10.9. The summed E-state index contributed by atoms with van der Waals surface area (Å²) in [7, 11) is -2.19. The van der Waals surface area contributed by atoms with Gasteiger partial charge in [0.05, 0.1) is 12.9 Å². The van der Waals surface area contributed by atoms with E-state index in [9.17, 15) is 13.2 Å². The predicted octanol–water partition coefficient (Wildman–Crippen LogP) is 0.743. The molecule has 0 spiro atoms. The molecule has 5 nitrogen and oxygen atoms in total. The number of hydrogen-bond donors (Lipinski definition) is 1. The van der Waals surface area contributed by atoms with Crippen LogP contribution in [0.3, 0.4) is 0 Å². The number of sulfone groups is 1. The summed E-state index contributed by atoms with van der Waals surface area (Å²) < 4.78 is 27.8. The highest BCUT2D eigenvalue weighted by Crippen LogP contribution is 2.03. The van der Waals surface area contributed by atoms with Crippen LogP contribution in [0.25, 0.3) is 0 Å². The van der Waals surface area contributed by atoms with Crippen LogP contribution in [0.15, 0.2) is 0 Å². The fourth-order valence-electron chi connectivity index (χ4n) is 1.55. The molecule has 1 N–H and O–H groups in total. The molecule has 0 heterocycles. The minimum Gasteiger partial charge on any atom is -0.468 e. The standard InChI is InChI=1S/C11H23NO4S/c1-4-6-10(12-7-5-2)8-17(14,15)9-11(13)16-3/h10,12H,4-9H2,1-3H3. The van der Waals surface area contributed by atoms with Crippen LogP contribution >= 0.6 is 0 Å².